The minimum atomic E-state index is -0.814. The summed E-state index contributed by atoms with van der Waals surface area (Å²) < 4.78 is -0.665. The first kappa shape index (κ1) is 32.4. The van der Waals surface area contributed by atoms with Crippen LogP contribution >= 0.6 is 15.9 Å². The van der Waals surface area contributed by atoms with E-state index in [0.29, 0.717) is 12.8 Å². The van der Waals surface area contributed by atoms with Gasteiger partial charge in [-0.1, -0.05) is 82.1 Å². The van der Waals surface area contributed by atoms with Gasteiger partial charge in [0.2, 0.25) is 5.91 Å². The molecule has 0 radical (unpaired) electrons. The summed E-state index contributed by atoms with van der Waals surface area (Å²) in [5, 5.41) is 2.04. The van der Waals surface area contributed by atoms with Gasteiger partial charge in [0, 0.05) is 0 Å². The zero-order valence-electron chi connectivity index (χ0n) is 13.4. The van der Waals surface area contributed by atoms with Crippen molar-refractivity contribution in [3.8, 4) is 0 Å². The van der Waals surface area contributed by atoms with E-state index >= 15 is 0 Å². The maximum absolute atomic E-state index is 11.3. The SMILES string of the molecule is CCC(Br)(CC)C(=O)NC(N)=O.CCCCCCCC.[KH].[KH]. The van der Waals surface area contributed by atoms with Crippen LogP contribution in [0, 0.1) is 0 Å². The van der Waals surface area contributed by atoms with Crippen LogP contribution in [0.5, 0.6) is 0 Å². The number of carbonyl (C=O) groups is 2. The van der Waals surface area contributed by atoms with Gasteiger partial charge in [0.1, 0.15) is 4.32 Å². The Morgan fingerprint density at radius 1 is 0.909 bits per heavy atom. The molecule has 22 heavy (non-hydrogen) atoms. The Morgan fingerprint density at radius 3 is 1.50 bits per heavy atom. The van der Waals surface area contributed by atoms with Gasteiger partial charge in [0.05, 0.1) is 0 Å². The molecule has 0 rings (SSSR count). The average Bonchev–Trinajstić information content (AvgIpc) is 2.42. The van der Waals surface area contributed by atoms with Crippen LogP contribution in [0.25, 0.3) is 0 Å². The van der Waals surface area contributed by atoms with Crippen molar-refractivity contribution in [3.05, 3.63) is 0 Å². The standard InChI is InChI=1S/C8H18.C7H13BrN2O2.2K.2H/c1-3-5-7-8-6-4-2;1-3-7(8,4-2)5(11)10-6(9)12;;;;/h3-8H2,1-2H3;3-4H2,1-2H3,(H3,9,10,11,12);;;;. The summed E-state index contributed by atoms with van der Waals surface area (Å²) in [5.41, 5.74) is 4.81. The van der Waals surface area contributed by atoms with Crippen molar-refractivity contribution in [1.82, 2.24) is 5.32 Å². The third-order valence-corrected chi connectivity index (χ3v) is 4.70. The number of hydrogen-bond donors (Lipinski definition) is 2. The van der Waals surface area contributed by atoms with Gasteiger partial charge >= 0.3 is 109 Å². The molecule has 0 unspecified atom stereocenters. The Labute approximate surface area is 230 Å². The Balaban J connectivity index is -0.000000144. The van der Waals surface area contributed by atoms with Gasteiger partial charge in [0.25, 0.3) is 0 Å². The van der Waals surface area contributed by atoms with E-state index in [1.54, 1.807) is 0 Å². The summed E-state index contributed by atoms with van der Waals surface area (Å²) in [6.45, 7) is 8.23. The predicted molar refractivity (Wildman–Crippen MR) is 103 cm³/mol. The second-order valence-corrected chi connectivity index (χ2v) is 6.42. The van der Waals surface area contributed by atoms with E-state index in [-0.39, 0.29) is 109 Å². The summed E-state index contributed by atoms with van der Waals surface area (Å²) in [4.78, 5) is 21.6. The average molecular weight is 432 g/mol. The molecule has 0 aliphatic rings. The van der Waals surface area contributed by atoms with Gasteiger partial charge < -0.3 is 5.73 Å². The number of halogens is 1. The summed E-state index contributed by atoms with van der Waals surface area (Å²) >= 11 is 3.26. The van der Waals surface area contributed by atoms with E-state index in [9.17, 15) is 9.59 Å². The molecule has 0 fully saturated rings. The molecule has 0 heterocycles. The van der Waals surface area contributed by atoms with E-state index in [1.165, 1.54) is 38.5 Å². The number of nitrogens with two attached hydrogens (primary N) is 1. The molecule has 0 atom stereocenters. The van der Waals surface area contributed by atoms with Gasteiger partial charge in [-0.25, -0.2) is 4.79 Å². The molecule has 0 aliphatic heterocycles. The molecule has 4 nitrogen and oxygen atoms in total. The van der Waals surface area contributed by atoms with E-state index in [0.717, 1.165) is 0 Å². The van der Waals surface area contributed by atoms with Crippen molar-refractivity contribution in [3.63, 3.8) is 0 Å². The van der Waals surface area contributed by atoms with Crippen molar-refractivity contribution >= 4 is 131 Å². The van der Waals surface area contributed by atoms with Crippen LogP contribution in [-0.2, 0) is 4.79 Å². The molecule has 124 valence electrons. The third kappa shape index (κ3) is 19.0. The topological polar surface area (TPSA) is 72.2 Å². The Bertz CT molecular complexity index is 270. The number of amides is 3. The van der Waals surface area contributed by atoms with Crippen molar-refractivity contribution in [2.24, 2.45) is 5.73 Å². The van der Waals surface area contributed by atoms with Gasteiger partial charge in [-0.15, -0.1) is 0 Å². The second-order valence-electron chi connectivity index (χ2n) is 4.91. The number of rotatable bonds is 8. The molecule has 0 aliphatic carbocycles. The minimum absolute atomic E-state index is 0. The number of urea groups is 1. The number of primary amides is 1. The number of imide groups is 1. The molecule has 0 aromatic heterocycles. The normalized spacial score (nSPS) is 9.50. The first-order chi connectivity index (χ1) is 9.37. The van der Waals surface area contributed by atoms with E-state index in [1.807, 2.05) is 19.2 Å². The zero-order chi connectivity index (χ0) is 16.0. The zero-order valence-corrected chi connectivity index (χ0v) is 15.0. The summed E-state index contributed by atoms with van der Waals surface area (Å²) in [7, 11) is 0. The molecular weight excluding hydrogens is 398 g/mol. The summed E-state index contributed by atoms with van der Waals surface area (Å²) in [6, 6.07) is -0.814. The fourth-order valence-corrected chi connectivity index (χ4v) is 1.75. The molecule has 0 bridgehead atoms. The van der Waals surface area contributed by atoms with E-state index in [2.05, 4.69) is 29.8 Å². The Kier molecular flexibility index (Phi) is 32.0. The van der Waals surface area contributed by atoms with Crippen molar-refractivity contribution < 1.29 is 9.59 Å². The molecule has 0 aromatic carbocycles. The van der Waals surface area contributed by atoms with Crippen LogP contribution in [0.4, 0.5) is 4.79 Å². The molecule has 3 amide bonds. The second kappa shape index (κ2) is 21.7. The van der Waals surface area contributed by atoms with Crippen LogP contribution in [-0.4, -0.2) is 119 Å². The molecule has 0 saturated carbocycles. The molecule has 0 spiro atoms. The number of hydrogen-bond acceptors (Lipinski definition) is 2. The van der Waals surface area contributed by atoms with Crippen LogP contribution < -0.4 is 11.1 Å². The molecule has 7 heteroatoms. The first-order valence-corrected chi connectivity index (χ1v) is 8.46. The summed E-state index contributed by atoms with van der Waals surface area (Å²) in [6.07, 6.45) is 9.72. The van der Waals surface area contributed by atoms with Crippen molar-refractivity contribution in [1.29, 1.82) is 0 Å². The monoisotopic (exact) mass is 430 g/mol. The molecule has 0 aromatic rings. The fraction of sp³-hybridized carbons (Fsp3) is 0.867. The first-order valence-electron chi connectivity index (χ1n) is 7.67. The van der Waals surface area contributed by atoms with Crippen LogP contribution in [0.2, 0.25) is 0 Å². The van der Waals surface area contributed by atoms with Crippen molar-refractivity contribution in [2.75, 3.05) is 0 Å². The molecule has 0 saturated heterocycles. The number of unbranched alkanes of at least 4 members (excludes halogenated alkanes) is 5. The van der Waals surface area contributed by atoms with Gasteiger partial charge in [-0.3, -0.25) is 10.1 Å². The Hall–Kier alpha value is 2.69. The predicted octanol–water partition coefficient (Wildman–Crippen LogP) is 3.20. The van der Waals surface area contributed by atoms with Crippen LogP contribution in [0.3, 0.4) is 0 Å². The molecular formula is C15H33BrK2N2O2. The van der Waals surface area contributed by atoms with E-state index < -0.39 is 10.4 Å². The van der Waals surface area contributed by atoms with Crippen molar-refractivity contribution in [2.45, 2.75) is 83.4 Å². The van der Waals surface area contributed by atoms with Gasteiger partial charge in [-0.2, -0.15) is 0 Å². The quantitative estimate of drug-likeness (QED) is 0.352. The Morgan fingerprint density at radius 2 is 1.27 bits per heavy atom. The number of carbonyl (C=O) groups excluding carboxylic acids is 2. The number of nitrogens with one attached hydrogen (secondary N) is 1. The van der Waals surface area contributed by atoms with Crippen LogP contribution in [0.15, 0.2) is 0 Å². The van der Waals surface area contributed by atoms with Gasteiger partial charge in [-0.05, 0) is 12.8 Å². The van der Waals surface area contributed by atoms with Crippen LogP contribution in [0.1, 0.15) is 79.1 Å². The third-order valence-electron chi connectivity index (χ3n) is 3.22. The summed E-state index contributed by atoms with van der Waals surface area (Å²) in [5.74, 6) is -0.375. The fourth-order valence-electron chi connectivity index (χ4n) is 1.65. The molecule has 3 N–H and O–H groups in total. The maximum atomic E-state index is 11.3. The van der Waals surface area contributed by atoms with Gasteiger partial charge in [0.15, 0.2) is 0 Å². The number of alkyl halides is 1. The van der Waals surface area contributed by atoms with E-state index in [4.69, 9.17) is 5.73 Å².